The van der Waals surface area contributed by atoms with E-state index < -0.39 is 0 Å². The van der Waals surface area contributed by atoms with Gasteiger partial charge in [0.2, 0.25) is 5.91 Å². The molecule has 3 N–H and O–H groups in total. The zero-order valence-corrected chi connectivity index (χ0v) is 17.0. The number of methoxy groups -OCH3 is 1. The lowest BCUT2D eigenvalue weighted by Crippen LogP contribution is -2.39. The Labute approximate surface area is 172 Å². The van der Waals surface area contributed by atoms with Crippen LogP contribution < -0.4 is 20.7 Å². The number of nitrogens with two attached hydrogens (primary N) is 1. The Morgan fingerprint density at radius 1 is 1.21 bits per heavy atom. The largest absolute Gasteiger partial charge is 0.491 e. The number of amides is 1. The van der Waals surface area contributed by atoms with Gasteiger partial charge in [0.05, 0.1) is 13.2 Å². The molecule has 0 unspecified atom stereocenters. The molecule has 7 heteroatoms. The fourth-order valence-corrected chi connectivity index (χ4v) is 3.31. The quantitative estimate of drug-likeness (QED) is 0.521. The molecule has 0 fully saturated rings. The van der Waals surface area contributed by atoms with Gasteiger partial charge in [0, 0.05) is 31.6 Å². The number of halogens is 1. The van der Waals surface area contributed by atoms with Crippen LogP contribution in [0, 0.1) is 0 Å². The van der Waals surface area contributed by atoms with Gasteiger partial charge < -0.3 is 25.4 Å². The molecule has 3 rings (SSSR count). The zero-order chi connectivity index (χ0) is 19.1. The normalized spacial score (nSPS) is 12.7. The van der Waals surface area contributed by atoms with Crippen LogP contribution >= 0.6 is 12.4 Å². The molecule has 2 aromatic carbocycles. The third-order valence-corrected chi connectivity index (χ3v) is 4.66. The first kappa shape index (κ1) is 21.9. The lowest BCUT2D eigenvalue weighted by atomic mass is 10.00. The van der Waals surface area contributed by atoms with E-state index in [1.165, 1.54) is 0 Å². The van der Waals surface area contributed by atoms with Crippen molar-refractivity contribution in [2.45, 2.75) is 19.4 Å². The van der Waals surface area contributed by atoms with Crippen molar-refractivity contribution in [1.82, 2.24) is 5.32 Å². The Bertz CT molecular complexity index is 785. The Balaban J connectivity index is 0.00000280. The maximum atomic E-state index is 12.4. The van der Waals surface area contributed by atoms with E-state index in [1.807, 2.05) is 42.5 Å². The van der Waals surface area contributed by atoms with Crippen LogP contribution in [0.3, 0.4) is 0 Å². The Morgan fingerprint density at radius 3 is 2.86 bits per heavy atom. The molecule has 152 valence electrons. The van der Waals surface area contributed by atoms with Gasteiger partial charge in [0.25, 0.3) is 0 Å². The molecule has 0 aromatic heterocycles. The predicted molar refractivity (Wildman–Crippen MR) is 114 cm³/mol. The monoisotopic (exact) mass is 405 g/mol. The summed E-state index contributed by atoms with van der Waals surface area (Å²) < 4.78 is 10.6. The van der Waals surface area contributed by atoms with Gasteiger partial charge in [-0.3, -0.25) is 4.79 Å². The van der Waals surface area contributed by atoms with Crippen molar-refractivity contribution in [2.75, 3.05) is 44.0 Å². The summed E-state index contributed by atoms with van der Waals surface area (Å²) in [6, 6.07) is 13.6. The van der Waals surface area contributed by atoms with Crippen molar-refractivity contribution in [3.63, 3.8) is 0 Å². The number of ether oxygens (including phenoxy) is 2. The maximum Gasteiger partial charge on any atom is 0.239 e. The molecular weight excluding hydrogens is 378 g/mol. The number of nitrogens with zero attached hydrogens (tertiary/aromatic N) is 1. The predicted octanol–water partition coefficient (Wildman–Crippen LogP) is 2.78. The van der Waals surface area contributed by atoms with Gasteiger partial charge in [-0.1, -0.05) is 18.2 Å². The first-order chi connectivity index (χ1) is 13.2. The smallest absolute Gasteiger partial charge is 0.239 e. The molecule has 0 saturated heterocycles. The summed E-state index contributed by atoms with van der Waals surface area (Å²) in [5, 5.41) is 2.99. The summed E-state index contributed by atoms with van der Waals surface area (Å²) in [5.74, 6) is 0.773. The minimum Gasteiger partial charge on any atom is -0.491 e. The van der Waals surface area contributed by atoms with Gasteiger partial charge in [-0.2, -0.15) is 0 Å². The number of benzene rings is 2. The highest BCUT2D eigenvalue weighted by Gasteiger charge is 2.20. The molecular formula is C21H28ClN3O3. The van der Waals surface area contributed by atoms with E-state index in [1.54, 1.807) is 7.11 Å². The second-order valence-corrected chi connectivity index (χ2v) is 6.64. The Morgan fingerprint density at radius 2 is 2.04 bits per heavy atom. The number of rotatable bonds is 8. The van der Waals surface area contributed by atoms with E-state index in [0.29, 0.717) is 26.3 Å². The topological polar surface area (TPSA) is 76.8 Å². The lowest BCUT2D eigenvalue weighted by molar-refractivity contribution is -0.119. The molecule has 0 bridgehead atoms. The maximum absolute atomic E-state index is 12.4. The van der Waals surface area contributed by atoms with Crippen LogP contribution in [-0.4, -0.2) is 39.3 Å². The van der Waals surface area contributed by atoms with Gasteiger partial charge in [-0.25, -0.2) is 0 Å². The summed E-state index contributed by atoms with van der Waals surface area (Å²) in [6.45, 7) is 2.72. The van der Waals surface area contributed by atoms with Crippen LogP contribution in [0.15, 0.2) is 42.5 Å². The molecule has 0 radical (unpaired) electrons. The molecule has 0 saturated carbocycles. The molecule has 1 aliphatic heterocycles. The first-order valence-corrected chi connectivity index (χ1v) is 9.27. The molecule has 0 atom stereocenters. The zero-order valence-electron chi connectivity index (χ0n) is 16.1. The van der Waals surface area contributed by atoms with E-state index in [9.17, 15) is 4.79 Å². The second kappa shape index (κ2) is 10.8. The van der Waals surface area contributed by atoms with Crippen LogP contribution in [0.4, 0.5) is 11.4 Å². The van der Waals surface area contributed by atoms with E-state index in [4.69, 9.17) is 15.2 Å². The van der Waals surface area contributed by atoms with Gasteiger partial charge in [-0.15, -0.1) is 12.4 Å². The van der Waals surface area contributed by atoms with Crippen LogP contribution in [0.1, 0.15) is 17.5 Å². The Kier molecular flexibility index (Phi) is 8.42. The standard InChI is InChI=1S/C21H27N3O3.ClH/c1-26-11-12-27-17-6-2-5-16(13-17)14-23-21(25)15-24-10-4-7-18-19(22)8-3-9-20(18)24;/h2-3,5-6,8-9,13H,4,7,10-12,14-15,22H2,1H3,(H,23,25);1H. The van der Waals surface area contributed by atoms with E-state index in [2.05, 4.69) is 10.2 Å². The molecule has 0 spiro atoms. The van der Waals surface area contributed by atoms with E-state index >= 15 is 0 Å². The highest BCUT2D eigenvalue weighted by Crippen LogP contribution is 2.30. The lowest BCUT2D eigenvalue weighted by Gasteiger charge is -2.31. The van der Waals surface area contributed by atoms with Crippen molar-refractivity contribution in [3.05, 3.63) is 53.6 Å². The molecule has 6 nitrogen and oxygen atoms in total. The summed E-state index contributed by atoms with van der Waals surface area (Å²) in [6.07, 6.45) is 1.98. The number of hydrogen-bond donors (Lipinski definition) is 2. The Hall–Kier alpha value is -2.44. The number of anilines is 2. The van der Waals surface area contributed by atoms with Gasteiger partial charge in [-0.05, 0) is 48.2 Å². The summed E-state index contributed by atoms with van der Waals surface area (Å²) >= 11 is 0. The van der Waals surface area contributed by atoms with Crippen LogP contribution in [0.25, 0.3) is 0 Å². The molecule has 1 amide bonds. The van der Waals surface area contributed by atoms with Gasteiger partial charge >= 0.3 is 0 Å². The van der Waals surface area contributed by atoms with E-state index in [0.717, 1.165) is 47.6 Å². The number of fused-ring (bicyclic) bond motifs is 1. The summed E-state index contributed by atoms with van der Waals surface area (Å²) in [7, 11) is 1.64. The SMILES string of the molecule is COCCOc1cccc(CNC(=O)CN2CCCc3c(N)cccc32)c1.Cl. The summed E-state index contributed by atoms with van der Waals surface area (Å²) in [5.41, 5.74) is 10.1. The number of nitrogen functional groups attached to an aromatic ring is 1. The van der Waals surface area contributed by atoms with Crippen molar-refractivity contribution in [1.29, 1.82) is 0 Å². The highest BCUT2D eigenvalue weighted by atomic mass is 35.5. The van der Waals surface area contributed by atoms with Gasteiger partial charge in [0.1, 0.15) is 12.4 Å². The number of carbonyl (C=O) groups excluding carboxylic acids is 1. The van der Waals surface area contributed by atoms with Crippen molar-refractivity contribution in [2.24, 2.45) is 0 Å². The number of carbonyl (C=O) groups is 1. The molecule has 28 heavy (non-hydrogen) atoms. The number of hydrogen-bond acceptors (Lipinski definition) is 5. The van der Waals surface area contributed by atoms with Crippen LogP contribution in [-0.2, 0) is 22.5 Å². The molecule has 1 aliphatic rings. The highest BCUT2D eigenvalue weighted by molar-refractivity contribution is 5.85. The third kappa shape index (κ3) is 5.78. The molecule has 1 heterocycles. The van der Waals surface area contributed by atoms with E-state index in [-0.39, 0.29) is 18.3 Å². The number of nitrogens with one attached hydrogen (secondary N) is 1. The van der Waals surface area contributed by atoms with Gasteiger partial charge in [0.15, 0.2) is 0 Å². The minimum atomic E-state index is -0.00372. The van der Waals surface area contributed by atoms with Crippen molar-refractivity contribution >= 4 is 29.7 Å². The van der Waals surface area contributed by atoms with Crippen molar-refractivity contribution < 1.29 is 14.3 Å². The minimum absolute atomic E-state index is 0. The molecule has 2 aromatic rings. The fourth-order valence-electron chi connectivity index (χ4n) is 3.31. The molecule has 0 aliphatic carbocycles. The van der Waals surface area contributed by atoms with Crippen molar-refractivity contribution in [3.8, 4) is 5.75 Å². The average molecular weight is 406 g/mol. The second-order valence-electron chi connectivity index (χ2n) is 6.64. The average Bonchev–Trinajstić information content (AvgIpc) is 2.68. The first-order valence-electron chi connectivity index (χ1n) is 9.27. The summed E-state index contributed by atoms with van der Waals surface area (Å²) in [4.78, 5) is 14.5. The fraction of sp³-hybridized carbons (Fsp3) is 0.381. The van der Waals surface area contributed by atoms with Crippen LogP contribution in [0.2, 0.25) is 0 Å². The third-order valence-electron chi connectivity index (χ3n) is 4.66. The van der Waals surface area contributed by atoms with Crippen LogP contribution in [0.5, 0.6) is 5.75 Å².